The molecule has 2 aromatic heterocycles. The minimum absolute atomic E-state index is 0.544. The number of aromatic nitrogens is 4. The summed E-state index contributed by atoms with van der Waals surface area (Å²) < 4.78 is 0. The van der Waals surface area contributed by atoms with Crippen molar-refractivity contribution in [2.45, 2.75) is 25.3 Å². The highest BCUT2D eigenvalue weighted by atomic mass is 15.2. The molecule has 0 N–H and O–H groups in total. The predicted octanol–water partition coefficient (Wildman–Crippen LogP) is 1.71. The fraction of sp³-hybridized carbons (Fsp3) is 0.500. The van der Waals surface area contributed by atoms with Gasteiger partial charge < -0.3 is 9.80 Å². The van der Waals surface area contributed by atoms with Gasteiger partial charge in [0.05, 0.1) is 18.4 Å². The van der Waals surface area contributed by atoms with Crippen molar-refractivity contribution in [3.63, 3.8) is 0 Å². The van der Waals surface area contributed by atoms with E-state index < -0.39 is 0 Å². The minimum atomic E-state index is 0.544. The average molecular weight is 298 g/mol. The summed E-state index contributed by atoms with van der Waals surface area (Å²) in [6.07, 6.45) is 9.20. The topological polar surface area (TPSA) is 58.0 Å². The molecule has 6 heteroatoms. The van der Waals surface area contributed by atoms with Crippen LogP contribution in [0.4, 0.5) is 5.82 Å². The van der Waals surface area contributed by atoms with E-state index >= 15 is 0 Å². The Morgan fingerprint density at radius 1 is 1.18 bits per heavy atom. The largest absolute Gasteiger partial charge is 0.354 e. The van der Waals surface area contributed by atoms with E-state index in [1.807, 2.05) is 7.05 Å². The molecule has 1 aliphatic rings. The molecule has 6 nitrogen and oxygen atoms in total. The minimum Gasteiger partial charge on any atom is -0.354 e. The Kier molecular flexibility index (Phi) is 4.58. The van der Waals surface area contributed by atoms with E-state index in [9.17, 15) is 0 Å². The van der Waals surface area contributed by atoms with E-state index in [0.29, 0.717) is 12.5 Å². The third-order valence-corrected chi connectivity index (χ3v) is 4.22. The fourth-order valence-corrected chi connectivity index (χ4v) is 2.83. The van der Waals surface area contributed by atoms with E-state index in [2.05, 4.69) is 42.8 Å². The molecule has 0 radical (unpaired) electrons. The Balaban J connectivity index is 1.70. The first kappa shape index (κ1) is 14.8. The van der Waals surface area contributed by atoms with Crippen LogP contribution in [0.3, 0.4) is 0 Å². The lowest BCUT2D eigenvalue weighted by molar-refractivity contribution is 0.253. The molecular formula is C16H22N6. The van der Waals surface area contributed by atoms with Crippen LogP contribution in [-0.2, 0) is 6.54 Å². The van der Waals surface area contributed by atoms with Gasteiger partial charge in [0.15, 0.2) is 0 Å². The van der Waals surface area contributed by atoms with Crippen molar-refractivity contribution in [3.8, 4) is 0 Å². The molecular weight excluding hydrogens is 276 g/mol. The molecule has 0 unspecified atom stereocenters. The highest BCUT2D eigenvalue weighted by Gasteiger charge is 2.20. The van der Waals surface area contributed by atoms with Crippen LogP contribution < -0.4 is 4.90 Å². The van der Waals surface area contributed by atoms with Gasteiger partial charge in [0.25, 0.3) is 0 Å². The lowest BCUT2D eigenvalue weighted by Gasteiger charge is -2.29. The number of anilines is 1. The first-order chi connectivity index (χ1) is 10.7. The van der Waals surface area contributed by atoms with Gasteiger partial charge in [-0.2, -0.15) is 0 Å². The summed E-state index contributed by atoms with van der Waals surface area (Å²) in [6.45, 7) is 2.97. The van der Waals surface area contributed by atoms with E-state index in [0.717, 1.165) is 30.3 Å². The molecule has 22 heavy (non-hydrogen) atoms. The number of rotatable bonds is 4. The molecule has 2 aromatic rings. The normalized spacial score (nSPS) is 16.6. The molecule has 1 fully saturated rings. The zero-order valence-corrected chi connectivity index (χ0v) is 13.2. The van der Waals surface area contributed by atoms with Crippen molar-refractivity contribution in [3.05, 3.63) is 42.4 Å². The molecule has 0 bridgehead atoms. The van der Waals surface area contributed by atoms with Crippen LogP contribution in [0.1, 0.15) is 30.1 Å². The zero-order chi connectivity index (χ0) is 15.4. The molecule has 0 spiro atoms. The SMILES string of the molecule is CN1CCC(c2cc(N(C)Cc3cnccn3)ncn2)CC1. The molecule has 3 heterocycles. The van der Waals surface area contributed by atoms with Gasteiger partial charge in [-0.05, 0) is 33.0 Å². The van der Waals surface area contributed by atoms with Crippen molar-refractivity contribution < 1.29 is 0 Å². The van der Waals surface area contributed by atoms with Crippen molar-refractivity contribution in [2.24, 2.45) is 0 Å². The lowest BCUT2D eigenvalue weighted by Crippen LogP contribution is -2.29. The van der Waals surface area contributed by atoms with Gasteiger partial charge in [-0.25, -0.2) is 9.97 Å². The van der Waals surface area contributed by atoms with Crippen LogP contribution in [-0.4, -0.2) is 52.0 Å². The van der Waals surface area contributed by atoms with Crippen LogP contribution in [0.5, 0.6) is 0 Å². The summed E-state index contributed by atoms with van der Waals surface area (Å²) in [7, 11) is 4.20. The summed E-state index contributed by atoms with van der Waals surface area (Å²) in [5, 5.41) is 0. The number of piperidine rings is 1. The van der Waals surface area contributed by atoms with E-state index in [-0.39, 0.29) is 0 Å². The van der Waals surface area contributed by atoms with Gasteiger partial charge in [-0.15, -0.1) is 0 Å². The lowest BCUT2D eigenvalue weighted by atomic mass is 9.93. The molecule has 0 aliphatic carbocycles. The van der Waals surface area contributed by atoms with E-state index in [1.165, 1.54) is 12.8 Å². The Bertz CT molecular complexity index is 595. The second kappa shape index (κ2) is 6.79. The molecule has 0 saturated carbocycles. The van der Waals surface area contributed by atoms with Crippen molar-refractivity contribution in [1.29, 1.82) is 0 Å². The highest BCUT2D eigenvalue weighted by molar-refractivity contribution is 5.39. The number of nitrogens with zero attached hydrogens (tertiary/aromatic N) is 6. The van der Waals surface area contributed by atoms with Gasteiger partial charge >= 0.3 is 0 Å². The fourth-order valence-electron chi connectivity index (χ4n) is 2.83. The van der Waals surface area contributed by atoms with Crippen molar-refractivity contribution in [2.75, 3.05) is 32.1 Å². The summed E-state index contributed by atoms with van der Waals surface area (Å²) in [6, 6.07) is 2.12. The summed E-state index contributed by atoms with van der Waals surface area (Å²) in [5.74, 6) is 1.48. The van der Waals surface area contributed by atoms with Crippen LogP contribution >= 0.6 is 0 Å². The van der Waals surface area contributed by atoms with Gasteiger partial charge in [0, 0.05) is 37.1 Å². The number of hydrogen-bond acceptors (Lipinski definition) is 6. The van der Waals surface area contributed by atoms with Crippen molar-refractivity contribution >= 4 is 5.82 Å². The molecule has 3 rings (SSSR count). The Morgan fingerprint density at radius 3 is 2.73 bits per heavy atom. The standard InChI is InChI=1S/C16H22N6/c1-21-7-3-13(4-8-21)15-9-16(20-12-19-15)22(2)11-14-10-17-5-6-18-14/h5-6,9-10,12-13H,3-4,7-8,11H2,1-2H3. The summed E-state index contributed by atoms with van der Waals surface area (Å²) in [5.41, 5.74) is 2.09. The monoisotopic (exact) mass is 298 g/mol. The van der Waals surface area contributed by atoms with Gasteiger partial charge in [-0.3, -0.25) is 9.97 Å². The van der Waals surface area contributed by atoms with E-state index in [1.54, 1.807) is 24.9 Å². The van der Waals surface area contributed by atoms with Gasteiger partial charge in [0.1, 0.15) is 12.1 Å². The first-order valence-electron chi connectivity index (χ1n) is 7.69. The molecule has 116 valence electrons. The highest BCUT2D eigenvalue weighted by Crippen LogP contribution is 2.27. The second-order valence-corrected chi connectivity index (χ2v) is 5.93. The van der Waals surface area contributed by atoms with Crippen LogP contribution in [0.2, 0.25) is 0 Å². The zero-order valence-electron chi connectivity index (χ0n) is 13.2. The van der Waals surface area contributed by atoms with E-state index in [4.69, 9.17) is 0 Å². The maximum atomic E-state index is 4.49. The Labute approximate surface area is 131 Å². The summed E-state index contributed by atoms with van der Waals surface area (Å²) >= 11 is 0. The molecule has 1 aliphatic heterocycles. The summed E-state index contributed by atoms with van der Waals surface area (Å²) in [4.78, 5) is 21.8. The molecule has 1 saturated heterocycles. The quantitative estimate of drug-likeness (QED) is 0.856. The predicted molar refractivity (Wildman–Crippen MR) is 85.6 cm³/mol. The third kappa shape index (κ3) is 3.57. The Morgan fingerprint density at radius 2 is 2.00 bits per heavy atom. The van der Waals surface area contributed by atoms with Crippen LogP contribution in [0.15, 0.2) is 31.0 Å². The maximum absolute atomic E-state index is 4.49. The molecule has 0 aromatic carbocycles. The Hall–Kier alpha value is -2.08. The van der Waals surface area contributed by atoms with Crippen LogP contribution in [0, 0.1) is 0 Å². The smallest absolute Gasteiger partial charge is 0.132 e. The molecule has 0 atom stereocenters. The first-order valence-corrected chi connectivity index (χ1v) is 7.69. The van der Waals surface area contributed by atoms with Gasteiger partial charge in [0.2, 0.25) is 0 Å². The number of likely N-dealkylation sites (tertiary alicyclic amines) is 1. The second-order valence-electron chi connectivity index (χ2n) is 5.93. The van der Waals surface area contributed by atoms with Crippen molar-refractivity contribution in [1.82, 2.24) is 24.8 Å². The van der Waals surface area contributed by atoms with Crippen LogP contribution in [0.25, 0.3) is 0 Å². The maximum Gasteiger partial charge on any atom is 0.132 e. The third-order valence-electron chi connectivity index (χ3n) is 4.22. The molecule has 0 amide bonds. The average Bonchev–Trinajstić information content (AvgIpc) is 2.56. The number of hydrogen-bond donors (Lipinski definition) is 0. The van der Waals surface area contributed by atoms with Gasteiger partial charge in [-0.1, -0.05) is 0 Å².